The maximum absolute atomic E-state index is 13.6. The fraction of sp³-hybridized carbons (Fsp3) is 0.417. The number of hydrogen-bond acceptors (Lipinski definition) is 5. The number of halogens is 1. The van der Waals surface area contributed by atoms with Gasteiger partial charge in [0.15, 0.2) is 5.82 Å². The first-order valence-corrected chi connectivity index (χ1v) is 5.96. The summed E-state index contributed by atoms with van der Waals surface area (Å²) in [5.41, 5.74) is -1.47. The van der Waals surface area contributed by atoms with E-state index < -0.39 is 34.1 Å². The van der Waals surface area contributed by atoms with Gasteiger partial charge in [0, 0.05) is 6.54 Å². The van der Waals surface area contributed by atoms with Crippen LogP contribution in [0.4, 0.5) is 15.8 Å². The fourth-order valence-electron chi connectivity index (χ4n) is 1.64. The van der Waals surface area contributed by atoms with Crippen molar-refractivity contribution in [3.8, 4) is 0 Å². The van der Waals surface area contributed by atoms with Gasteiger partial charge in [0.2, 0.25) is 0 Å². The van der Waals surface area contributed by atoms with Crippen LogP contribution in [0.1, 0.15) is 30.1 Å². The van der Waals surface area contributed by atoms with Gasteiger partial charge >= 0.3 is 5.97 Å². The van der Waals surface area contributed by atoms with Crippen LogP contribution in [0.3, 0.4) is 0 Å². The standard InChI is InChI=1S/C12H15FN2O5/c1-7(16)3-2-4-14-10-5-8(12(17)18)11(15(19)20)6-9(10)13/h5-7,14,16H,2-4H2,1H3,(H,17,18). The molecule has 0 amide bonds. The van der Waals surface area contributed by atoms with E-state index in [9.17, 15) is 19.3 Å². The van der Waals surface area contributed by atoms with Crippen molar-refractivity contribution in [1.82, 2.24) is 0 Å². The number of nitrogens with one attached hydrogen (secondary N) is 1. The quantitative estimate of drug-likeness (QED) is 0.401. The van der Waals surface area contributed by atoms with Gasteiger partial charge in [0.05, 0.1) is 22.8 Å². The molecule has 1 atom stereocenters. The molecule has 8 heteroatoms. The third kappa shape index (κ3) is 4.16. The van der Waals surface area contributed by atoms with Gasteiger partial charge in [0.1, 0.15) is 5.56 Å². The lowest BCUT2D eigenvalue weighted by Gasteiger charge is -2.09. The fourth-order valence-corrected chi connectivity index (χ4v) is 1.64. The van der Waals surface area contributed by atoms with E-state index in [1.54, 1.807) is 6.92 Å². The highest BCUT2D eigenvalue weighted by atomic mass is 19.1. The molecule has 1 aromatic carbocycles. The molecular weight excluding hydrogens is 271 g/mol. The van der Waals surface area contributed by atoms with Gasteiger partial charge in [-0.3, -0.25) is 10.1 Å². The largest absolute Gasteiger partial charge is 0.477 e. The molecule has 1 rings (SSSR count). The molecule has 3 N–H and O–H groups in total. The van der Waals surface area contributed by atoms with E-state index in [4.69, 9.17) is 10.2 Å². The van der Waals surface area contributed by atoms with E-state index in [0.717, 1.165) is 6.07 Å². The Bertz CT molecular complexity index is 519. The highest BCUT2D eigenvalue weighted by Crippen LogP contribution is 2.26. The number of nitro benzene ring substituents is 1. The molecule has 0 heterocycles. The second-order valence-electron chi connectivity index (χ2n) is 4.33. The summed E-state index contributed by atoms with van der Waals surface area (Å²) in [6, 6.07) is 1.48. The number of aliphatic hydroxyl groups excluding tert-OH is 1. The monoisotopic (exact) mass is 286 g/mol. The van der Waals surface area contributed by atoms with Crippen LogP contribution in [0, 0.1) is 15.9 Å². The zero-order valence-corrected chi connectivity index (χ0v) is 10.8. The Hall–Kier alpha value is -2.22. The molecule has 1 aromatic rings. The summed E-state index contributed by atoms with van der Waals surface area (Å²) in [7, 11) is 0. The lowest BCUT2D eigenvalue weighted by molar-refractivity contribution is -0.385. The van der Waals surface area contributed by atoms with E-state index in [0.29, 0.717) is 25.5 Å². The average Bonchev–Trinajstić information content (AvgIpc) is 2.34. The molecule has 0 spiro atoms. The maximum atomic E-state index is 13.6. The molecule has 0 fully saturated rings. The molecule has 0 aliphatic heterocycles. The van der Waals surface area contributed by atoms with E-state index in [-0.39, 0.29) is 5.69 Å². The Labute approximate surface area is 114 Å². The van der Waals surface area contributed by atoms with Crippen LogP contribution in [-0.4, -0.2) is 33.8 Å². The van der Waals surface area contributed by atoms with Crippen LogP contribution in [0.15, 0.2) is 12.1 Å². The van der Waals surface area contributed by atoms with Crippen LogP contribution in [-0.2, 0) is 0 Å². The van der Waals surface area contributed by atoms with E-state index in [1.807, 2.05) is 0 Å². The molecule has 7 nitrogen and oxygen atoms in total. The molecule has 0 aromatic heterocycles. The number of hydrogen-bond donors (Lipinski definition) is 3. The van der Waals surface area contributed by atoms with Gasteiger partial charge < -0.3 is 15.5 Å². The summed E-state index contributed by atoms with van der Waals surface area (Å²) in [4.78, 5) is 20.6. The Balaban J connectivity index is 2.90. The predicted molar refractivity (Wildman–Crippen MR) is 69.4 cm³/mol. The molecule has 0 radical (unpaired) electrons. The van der Waals surface area contributed by atoms with Crippen molar-refractivity contribution < 1.29 is 24.3 Å². The SMILES string of the molecule is CC(O)CCCNc1cc(C(=O)O)c([N+](=O)[O-])cc1F. The topological polar surface area (TPSA) is 113 Å². The van der Waals surface area contributed by atoms with Gasteiger partial charge in [-0.15, -0.1) is 0 Å². The minimum Gasteiger partial charge on any atom is -0.477 e. The summed E-state index contributed by atoms with van der Waals surface area (Å²) >= 11 is 0. The molecule has 0 aliphatic rings. The van der Waals surface area contributed by atoms with E-state index in [2.05, 4.69) is 5.32 Å². The summed E-state index contributed by atoms with van der Waals surface area (Å²) in [6.07, 6.45) is 0.581. The molecule has 110 valence electrons. The molecular formula is C12H15FN2O5. The normalized spacial score (nSPS) is 11.9. The second-order valence-corrected chi connectivity index (χ2v) is 4.33. The number of aliphatic hydroxyl groups is 1. The first-order chi connectivity index (χ1) is 9.32. The minimum atomic E-state index is -1.50. The van der Waals surface area contributed by atoms with E-state index >= 15 is 0 Å². The number of aromatic carboxylic acids is 1. The maximum Gasteiger partial charge on any atom is 0.342 e. The molecule has 0 saturated carbocycles. The molecule has 0 bridgehead atoms. The van der Waals surface area contributed by atoms with E-state index in [1.165, 1.54) is 0 Å². The number of nitro groups is 1. The Morgan fingerprint density at radius 2 is 2.20 bits per heavy atom. The van der Waals surface area contributed by atoms with Crippen molar-refractivity contribution in [3.05, 3.63) is 33.6 Å². The van der Waals surface area contributed by atoms with Crippen LogP contribution >= 0.6 is 0 Å². The van der Waals surface area contributed by atoms with Crippen LogP contribution in [0.5, 0.6) is 0 Å². The summed E-state index contributed by atoms with van der Waals surface area (Å²) in [5, 5.41) is 31.3. The van der Waals surface area contributed by atoms with Crippen molar-refractivity contribution in [3.63, 3.8) is 0 Å². The summed E-state index contributed by atoms with van der Waals surface area (Å²) in [5.74, 6) is -2.39. The van der Waals surface area contributed by atoms with Gasteiger partial charge in [-0.1, -0.05) is 0 Å². The number of carboxylic acids is 1. The first kappa shape index (κ1) is 15.8. The second kappa shape index (κ2) is 6.80. The number of benzene rings is 1. The Morgan fingerprint density at radius 3 is 2.70 bits per heavy atom. The number of carbonyl (C=O) groups is 1. The van der Waals surface area contributed by atoms with Crippen LogP contribution < -0.4 is 5.32 Å². The zero-order valence-electron chi connectivity index (χ0n) is 10.8. The summed E-state index contributed by atoms with van der Waals surface area (Å²) in [6.45, 7) is 1.94. The van der Waals surface area contributed by atoms with Gasteiger partial charge in [-0.05, 0) is 25.8 Å². The van der Waals surface area contributed by atoms with Crippen molar-refractivity contribution in [1.29, 1.82) is 0 Å². The Morgan fingerprint density at radius 1 is 1.55 bits per heavy atom. The highest BCUT2D eigenvalue weighted by Gasteiger charge is 2.23. The lowest BCUT2D eigenvalue weighted by Crippen LogP contribution is -2.10. The number of nitrogens with zero attached hydrogens (tertiary/aromatic N) is 1. The van der Waals surface area contributed by atoms with Crippen molar-refractivity contribution in [2.45, 2.75) is 25.9 Å². The summed E-state index contributed by atoms with van der Waals surface area (Å²) < 4.78 is 13.6. The number of carboxylic acid groups (broad SMARTS) is 1. The number of anilines is 1. The Kier molecular flexibility index (Phi) is 5.39. The third-order valence-corrected chi connectivity index (χ3v) is 2.63. The molecule has 0 saturated heterocycles. The van der Waals surface area contributed by atoms with Crippen molar-refractivity contribution in [2.24, 2.45) is 0 Å². The highest BCUT2D eigenvalue weighted by molar-refractivity contribution is 5.93. The lowest BCUT2D eigenvalue weighted by atomic mass is 10.1. The minimum absolute atomic E-state index is 0.112. The molecule has 20 heavy (non-hydrogen) atoms. The smallest absolute Gasteiger partial charge is 0.342 e. The van der Waals surface area contributed by atoms with Crippen molar-refractivity contribution >= 4 is 17.3 Å². The average molecular weight is 286 g/mol. The molecule has 1 unspecified atom stereocenters. The van der Waals surface area contributed by atoms with Crippen molar-refractivity contribution in [2.75, 3.05) is 11.9 Å². The van der Waals surface area contributed by atoms with Crippen LogP contribution in [0.25, 0.3) is 0 Å². The first-order valence-electron chi connectivity index (χ1n) is 5.96. The number of rotatable bonds is 7. The van der Waals surface area contributed by atoms with Gasteiger partial charge in [-0.2, -0.15) is 0 Å². The van der Waals surface area contributed by atoms with Gasteiger partial charge in [0.25, 0.3) is 5.69 Å². The van der Waals surface area contributed by atoms with Gasteiger partial charge in [-0.25, -0.2) is 9.18 Å². The zero-order chi connectivity index (χ0) is 15.3. The molecule has 0 aliphatic carbocycles. The van der Waals surface area contributed by atoms with Crippen LogP contribution in [0.2, 0.25) is 0 Å². The predicted octanol–water partition coefficient (Wildman–Crippen LogP) is 2.00. The third-order valence-electron chi connectivity index (χ3n) is 2.63.